The number of ether oxygens (including phenoxy) is 3. The van der Waals surface area contributed by atoms with Crippen LogP contribution in [-0.2, 0) is 15.7 Å². The normalized spacial score (nSPS) is 12.8. The van der Waals surface area contributed by atoms with E-state index < -0.39 is 58.3 Å². The zero-order valence-corrected chi connectivity index (χ0v) is 20.8. The average molecular weight is 521 g/mol. The van der Waals surface area contributed by atoms with E-state index in [1.807, 2.05) is 0 Å². The summed E-state index contributed by atoms with van der Waals surface area (Å²) in [4.78, 5) is 37.8. The fraction of sp³-hybridized carbons (Fsp3) is 0.346. The summed E-state index contributed by atoms with van der Waals surface area (Å²) in [7, 11) is 0. The molecule has 11 heteroatoms. The standard InChI is InChI=1S/C26H26F3NO7/c1-14(2)19(30-24(33)37-25(3,4)5)23(32)35-16-11-12-17-18(13-16)36-22(26(27,28)29)21(20(17)31)34-15-9-7-6-8-10-15/h6-14,19H,1-5H3,(H,30,33)/t19-/m1/s1. The maximum atomic E-state index is 13.8. The van der Waals surface area contributed by atoms with Gasteiger partial charge in [-0.3, -0.25) is 4.79 Å². The quantitative estimate of drug-likeness (QED) is 0.311. The molecule has 1 N–H and O–H groups in total. The van der Waals surface area contributed by atoms with Gasteiger partial charge in [-0.15, -0.1) is 0 Å². The molecule has 37 heavy (non-hydrogen) atoms. The van der Waals surface area contributed by atoms with Gasteiger partial charge in [0, 0.05) is 6.07 Å². The minimum absolute atomic E-state index is 0.0161. The Balaban J connectivity index is 1.94. The van der Waals surface area contributed by atoms with E-state index in [0.717, 1.165) is 12.1 Å². The van der Waals surface area contributed by atoms with Crippen molar-refractivity contribution in [2.45, 2.75) is 52.4 Å². The van der Waals surface area contributed by atoms with Crippen molar-refractivity contribution in [2.24, 2.45) is 5.92 Å². The van der Waals surface area contributed by atoms with Gasteiger partial charge in [0.15, 0.2) is 0 Å². The van der Waals surface area contributed by atoms with E-state index >= 15 is 0 Å². The van der Waals surface area contributed by atoms with Crippen molar-refractivity contribution >= 4 is 23.0 Å². The number of benzene rings is 2. The van der Waals surface area contributed by atoms with Gasteiger partial charge >= 0.3 is 18.2 Å². The maximum Gasteiger partial charge on any atom is 0.453 e. The lowest BCUT2D eigenvalue weighted by molar-refractivity contribution is -0.154. The molecule has 0 spiro atoms. The fourth-order valence-corrected chi connectivity index (χ4v) is 3.22. The van der Waals surface area contributed by atoms with E-state index in [1.165, 1.54) is 30.3 Å². The van der Waals surface area contributed by atoms with Gasteiger partial charge in [-0.05, 0) is 51.0 Å². The highest BCUT2D eigenvalue weighted by atomic mass is 19.4. The predicted octanol–water partition coefficient (Wildman–Crippen LogP) is 6.06. The molecule has 8 nitrogen and oxygen atoms in total. The Morgan fingerprint density at radius 1 is 0.973 bits per heavy atom. The van der Waals surface area contributed by atoms with Crippen LogP contribution >= 0.6 is 0 Å². The number of nitrogens with one attached hydrogen (secondary N) is 1. The number of para-hydroxylation sites is 1. The summed E-state index contributed by atoms with van der Waals surface area (Å²) in [5, 5.41) is 2.21. The molecule has 3 rings (SSSR count). The summed E-state index contributed by atoms with van der Waals surface area (Å²) < 4.78 is 62.0. The topological polar surface area (TPSA) is 104 Å². The van der Waals surface area contributed by atoms with E-state index in [4.69, 9.17) is 18.6 Å². The third kappa shape index (κ3) is 7.02. The molecule has 198 valence electrons. The van der Waals surface area contributed by atoms with Crippen LogP contribution in [0.3, 0.4) is 0 Å². The Morgan fingerprint density at radius 3 is 2.19 bits per heavy atom. The highest BCUT2D eigenvalue weighted by Crippen LogP contribution is 2.38. The Bertz CT molecular complexity index is 1340. The number of halogens is 3. The number of carbonyl (C=O) groups excluding carboxylic acids is 2. The predicted molar refractivity (Wildman–Crippen MR) is 128 cm³/mol. The van der Waals surface area contributed by atoms with Crippen molar-refractivity contribution in [1.82, 2.24) is 5.32 Å². The fourth-order valence-electron chi connectivity index (χ4n) is 3.22. The van der Waals surface area contributed by atoms with Gasteiger partial charge in [0.1, 0.15) is 28.7 Å². The number of fused-ring (bicyclic) bond motifs is 1. The Labute approximate surface area is 210 Å². The van der Waals surface area contributed by atoms with Crippen LogP contribution in [0.15, 0.2) is 57.7 Å². The first-order valence-electron chi connectivity index (χ1n) is 11.3. The maximum absolute atomic E-state index is 13.8. The first-order valence-corrected chi connectivity index (χ1v) is 11.3. The number of carbonyl (C=O) groups is 2. The largest absolute Gasteiger partial charge is 0.453 e. The second-order valence-corrected chi connectivity index (χ2v) is 9.45. The number of esters is 1. The van der Waals surface area contributed by atoms with Gasteiger partial charge in [-0.1, -0.05) is 32.0 Å². The van der Waals surface area contributed by atoms with E-state index in [1.54, 1.807) is 40.7 Å². The Morgan fingerprint density at radius 2 is 1.62 bits per heavy atom. The smallest absolute Gasteiger partial charge is 0.449 e. The van der Waals surface area contributed by atoms with Gasteiger partial charge in [0.25, 0.3) is 5.76 Å². The SMILES string of the molecule is CC(C)[C@@H](NC(=O)OC(C)(C)C)C(=O)Oc1ccc2c(=O)c(Oc3ccccc3)c(C(F)(F)F)oc2c1. The van der Waals surface area contributed by atoms with Gasteiger partial charge in [0.2, 0.25) is 11.2 Å². The van der Waals surface area contributed by atoms with Gasteiger partial charge in [-0.25, -0.2) is 9.59 Å². The van der Waals surface area contributed by atoms with E-state index in [0.29, 0.717) is 0 Å². The Hall–Kier alpha value is -4.02. The average Bonchev–Trinajstić information content (AvgIpc) is 2.77. The van der Waals surface area contributed by atoms with Crippen LogP contribution in [0, 0.1) is 5.92 Å². The zero-order chi connectivity index (χ0) is 27.5. The molecule has 0 saturated carbocycles. The van der Waals surface area contributed by atoms with Gasteiger partial charge in [-0.2, -0.15) is 13.2 Å². The summed E-state index contributed by atoms with van der Waals surface area (Å²) >= 11 is 0. The van der Waals surface area contributed by atoms with Gasteiger partial charge < -0.3 is 23.9 Å². The molecule has 1 heterocycles. The second-order valence-electron chi connectivity index (χ2n) is 9.45. The second kappa shape index (κ2) is 10.5. The third-order valence-corrected chi connectivity index (χ3v) is 4.85. The van der Waals surface area contributed by atoms with Crippen LogP contribution < -0.4 is 20.2 Å². The highest BCUT2D eigenvalue weighted by molar-refractivity contribution is 5.85. The molecule has 1 aromatic heterocycles. The monoisotopic (exact) mass is 521 g/mol. The summed E-state index contributed by atoms with van der Waals surface area (Å²) in [5.41, 5.74) is -2.32. The summed E-state index contributed by atoms with van der Waals surface area (Å²) in [6.07, 6.45) is -5.89. The molecule has 1 atom stereocenters. The molecule has 1 amide bonds. The summed E-state index contributed by atoms with van der Waals surface area (Å²) in [6, 6.07) is 9.74. The van der Waals surface area contributed by atoms with Crippen molar-refractivity contribution in [3.05, 3.63) is 64.5 Å². The zero-order valence-electron chi connectivity index (χ0n) is 20.8. The molecule has 3 aromatic rings. The minimum Gasteiger partial charge on any atom is -0.449 e. The molecule has 0 aliphatic heterocycles. The number of alkyl carbamates (subject to hydrolysis) is 1. The van der Waals surface area contributed by atoms with Crippen LogP contribution in [0.5, 0.6) is 17.2 Å². The summed E-state index contributed by atoms with van der Waals surface area (Å²) in [6.45, 7) is 8.29. The highest BCUT2D eigenvalue weighted by Gasteiger charge is 2.40. The van der Waals surface area contributed by atoms with Gasteiger partial charge in [0.05, 0.1) is 5.39 Å². The first kappa shape index (κ1) is 27.6. The molecule has 0 bridgehead atoms. The van der Waals surface area contributed by atoms with Crippen molar-refractivity contribution in [3.63, 3.8) is 0 Å². The lowest BCUT2D eigenvalue weighted by Crippen LogP contribution is -2.48. The minimum atomic E-state index is -5.05. The number of hydrogen-bond donors (Lipinski definition) is 1. The van der Waals surface area contributed by atoms with Crippen LogP contribution in [0.2, 0.25) is 0 Å². The number of alkyl halides is 3. The lowest BCUT2D eigenvalue weighted by Gasteiger charge is -2.24. The molecular weight excluding hydrogens is 495 g/mol. The molecule has 0 unspecified atom stereocenters. The first-order chi connectivity index (χ1) is 17.2. The number of amides is 1. The molecular formula is C26H26F3NO7. The molecule has 0 saturated heterocycles. The molecule has 0 aliphatic carbocycles. The molecule has 2 aromatic carbocycles. The molecule has 0 aliphatic rings. The van der Waals surface area contributed by atoms with E-state index in [9.17, 15) is 27.6 Å². The Kier molecular flexibility index (Phi) is 7.85. The van der Waals surface area contributed by atoms with Crippen LogP contribution in [-0.4, -0.2) is 23.7 Å². The van der Waals surface area contributed by atoms with E-state index in [-0.39, 0.29) is 16.9 Å². The number of rotatable bonds is 6. The van der Waals surface area contributed by atoms with Crippen molar-refractivity contribution in [3.8, 4) is 17.2 Å². The van der Waals surface area contributed by atoms with Crippen LogP contribution in [0.25, 0.3) is 11.0 Å². The summed E-state index contributed by atoms with van der Waals surface area (Å²) in [5.74, 6) is -4.12. The van der Waals surface area contributed by atoms with Crippen LogP contribution in [0.1, 0.15) is 40.4 Å². The third-order valence-electron chi connectivity index (χ3n) is 4.85. The number of hydrogen-bond acceptors (Lipinski definition) is 7. The van der Waals surface area contributed by atoms with Crippen molar-refractivity contribution in [2.75, 3.05) is 0 Å². The molecule has 0 fully saturated rings. The lowest BCUT2D eigenvalue weighted by atomic mass is 10.1. The molecule has 0 radical (unpaired) electrons. The van der Waals surface area contributed by atoms with Crippen LogP contribution in [0.4, 0.5) is 18.0 Å². The van der Waals surface area contributed by atoms with Crippen molar-refractivity contribution < 1.29 is 41.4 Å². The van der Waals surface area contributed by atoms with Crippen molar-refractivity contribution in [1.29, 1.82) is 0 Å². The van der Waals surface area contributed by atoms with E-state index in [2.05, 4.69) is 5.32 Å².